The van der Waals surface area contributed by atoms with Gasteiger partial charge in [0.15, 0.2) is 0 Å². The first-order valence-corrected chi connectivity index (χ1v) is 5.88. The van der Waals surface area contributed by atoms with Crippen LogP contribution in [0.15, 0.2) is 36.7 Å². The lowest BCUT2D eigenvalue weighted by Crippen LogP contribution is -2.14. The number of hydrogen-bond acceptors (Lipinski definition) is 2. The molecule has 0 saturated heterocycles. The molecule has 0 unspecified atom stereocenters. The van der Waals surface area contributed by atoms with E-state index < -0.39 is 0 Å². The second kappa shape index (κ2) is 5.00. The molecule has 3 heteroatoms. The van der Waals surface area contributed by atoms with Crippen LogP contribution in [0.25, 0.3) is 0 Å². The molecule has 18 heavy (non-hydrogen) atoms. The van der Waals surface area contributed by atoms with Gasteiger partial charge in [-0.2, -0.15) is 0 Å². The Morgan fingerprint density at radius 3 is 2.61 bits per heavy atom. The van der Waals surface area contributed by atoms with Crippen LogP contribution in [0.1, 0.15) is 27.0 Å². The minimum Gasteiger partial charge on any atom is -0.322 e. The first-order chi connectivity index (χ1) is 8.59. The van der Waals surface area contributed by atoms with Gasteiger partial charge < -0.3 is 5.32 Å². The first kappa shape index (κ1) is 12.3. The average Bonchev–Trinajstić information content (AvgIpc) is 2.35. The predicted molar refractivity (Wildman–Crippen MR) is 72.8 cm³/mol. The summed E-state index contributed by atoms with van der Waals surface area (Å²) < 4.78 is 0. The molecule has 0 aliphatic carbocycles. The lowest BCUT2D eigenvalue weighted by Gasteiger charge is -2.11. The molecule has 1 amide bonds. The maximum Gasteiger partial charge on any atom is 0.257 e. The van der Waals surface area contributed by atoms with Gasteiger partial charge in [-0.1, -0.05) is 12.1 Å². The number of aryl methyl sites for hydroxylation is 2. The van der Waals surface area contributed by atoms with Gasteiger partial charge in [-0.3, -0.25) is 9.78 Å². The van der Waals surface area contributed by atoms with E-state index in [0.717, 1.165) is 22.4 Å². The van der Waals surface area contributed by atoms with Crippen molar-refractivity contribution in [3.8, 4) is 0 Å². The van der Waals surface area contributed by atoms with Crippen LogP contribution in [0, 0.1) is 20.8 Å². The van der Waals surface area contributed by atoms with Crippen molar-refractivity contribution in [1.82, 2.24) is 4.98 Å². The third kappa shape index (κ3) is 2.40. The van der Waals surface area contributed by atoms with Gasteiger partial charge in [0, 0.05) is 18.1 Å². The summed E-state index contributed by atoms with van der Waals surface area (Å²) in [5.41, 5.74) is 4.64. The Bertz CT molecular complexity index is 591. The maximum absolute atomic E-state index is 12.1. The molecule has 3 nitrogen and oxygen atoms in total. The molecule has 1 N–H and O–H groups in total. The molecule has 0 fully saturated rings. The minimum atomic E-state index is -0.116. The number of rotatable bonds is 2. The zero-order valence-electron chi connectivity index (χ0n) is 10.8. The van der Waals surface area contributed by atoms with Crippen LogP contribution in [0.4, 0.5) is 5.69 Å². The topological polar surface area (TPSA) is 42.0 Å². The number of carbonyl (C=O) groups is 1. The van der Waals surface area contributed by atoms with E-state index in [-0.39, 0.29) is 5.91 Å². The molecule has 1 aromatic heterocycles. The average molecular weight is 240 g/mol. The quantitative estimate of drug-likeness (QED) is 0.875. The monoisotopic (exact) mass is 240 g/mol. The van der Waals surface area contributed by atoms with E-state index in [9.17, 15) is 4.79 Å². The highest BCUT2D eigenvalue weighted by Gasteiger charge is 2.10. The van der Waals surface area contributed by atoms with Crippen molar-refractivity contribution < 1.29 is 4.79 Å². The molecule has 1 aromatic carbocycles. The zero-order valence-corrected chi connectivity index (χ0v) is 10.8. The molecule has 0 spiro atoms. The normalized spacial score (nSPS) is 10.2. The Morgan fingerprint density at radius 2 is 1.89 bits per heavy atom. The van der Waals surface area contributed by atoms with Crippen molar-refractivity contribution in [2.75, 3.05) is 5.32 Å². The van der Waals surface area contributed by atoms with Crippen molar-refractivity contribution >= 4 is 11.6 Å². The van der Waals surface area contributed by atoms with Crippen LogP contribution in [0.3, 0.4) is 0 Å². The van der Waals surface area contributed by atoms with Gasteiger partial charge >= 0.3 is 0 Å². The van der Waals surface area contributed by atoms with Gasteiger partial charge in [0.25, 0.3) is 5.91 Å². The van der Waals surface area contributed by atoms with Crippen molar-refractivity contribution in [3.63, 3.8) is 0 Å². The van der Waals surface area contributed by atoms with E-state index in [2.05, 4.69) is 10.3 Å². The van der Waals surface area contributed by atoms with E-state index in [0.29, 0.717) is 5.56 Å². The molecule has 0 bridgehead atoms. The second-order valence-corrected chi connectivity index (χ2v) is 4.39. The van der Waals surface area contributed by atoms with Crippen LogP contribution < -0.4 is 5.32 Å². The highest BCUT2D eigenvalue weighted by molar-refractivity contribution is 6.05. The number of anilines is 1. The van der Waals surface area contributed by atoms with Gasteiger partial charge in [0.2, 0.25) is 0 Å². The van der Waals surface area contributed by atoms with Crippen molar-refractivity contribution in [2.24, 2.45) is 0 Å². The van der Waals surface area contributed by atoms with E-state index in [1.165, 1.54) is 0 Å². The molecule has 92 valence electrons. The van der Waals surface area contributed by atoms with Crippen LogP contribution in [-0.2, 0) is 0 Å². The molecule has 2 aromatic rings. The lowest BCUT2D eigenvalue weighted by atomic mass is 10.1. The summed E-state index contributed by atoms with van der Waals surface area (Å²) in [7, 11) is 0. The summed E-state index contributed by atoms with van der Waals surface area (Å²) in [5.74, 6) is -0.116. The minimum absolute atomic E-state index is 0.116. The number of pyridine rings is 1. The standard InChI is InChI=1S/C15H16N2O/c1-10-5-4-6-14(12(10)3)17-15(18)13-9-16-8-7-11(13)2/h4-9H,1-3H3,(H,17,18). The van der Waals surface area contributed by atoms with Gasteiger partial charge in [-0.05, 0) is 49.6 Å². The van der Waals surface area contributed by atoms with E-state index in [1.54, 1.807) is 12.4 Å². The van der Waals surface area contributed by atoms with E-state index >= 15 is 0 Å². The highest BCUT2D eigenvalue weighted by Crippen LogP contribution is 2.19. The molecule has 0 aliphatic heterocycles. The Labute approximate surface area is 107 Å². The number of benzene rings is 1. The summed E-state index contributed by atoms with van der Waals surface area (Å²) in [6, 6.07) is 7.71. The summed E-state index contributed by atoms with van der Waals surface area (Å²) in [4.78, 5) is 16.1. The van der Waals surface area contributed by atoms with Crippen LogP contribution in [-0.4, -0.2) is 10.9 Å². The van der Waals surface area contributed by atoms with Gasteiger partial charge in [-0.25, -0.2) is 0 Å². The summed E-state index contributed by atoms with van der Waals surface area (Å²) in [6.45, 7) is 5.93. The SMILES string of the molecule is Cc1ccncc1C(=O)Nc1cccc(C)c1C. The summed E-state index contributed by atoms with van der Waals surface area (Å²) in [6.07, 6.45) is 3.28. The van der Waals surface area contributed by atoms with E-state index in [1.807, 2.05) is 45.0 Å². The Hall–Kier alpha value is -2.16. The van der Waals surface area contributed by atoms with Gasteiger partial charge in [-0.15, -0.1) is 0 Å². The van der Waals surface area contributed by atoms with Crippen molar-refractivity contribution in [2.45, 2.75) is 20.8 Å². The highest BCUT2D eigenvalue weighted by atomic mass is 16.1. The number of hydrogen-bond donors (Lipinski definition) is 1. The second-order valence-electron chi connectivity index (χ2n) is 4.39. The molecule has 0 radical (unpaired) electrons. The predicted octanol–water partition coefficient (Wildman–Crippen LogP) is 3.26. The fourth-order valence-electron chi connectivity index (χ4n) is 1.78. The zero-order chi connectivity index (χ0) is 13.1. The third-order valence-electron chi connectivity index (χ3n) is 3.14. The van der Waals surface area contributed by atoms with Gasteiger partial charge in [0.1, 0.15) is 0 Å². The fraction of sp³-hybridized carbons (Fsp3) is 0.200. The smallest absolute Gasteiger partial charge is 0.257 e. The molecular weight excluding hydrogens is 224 g/mol. The largest absolute Gasteiger partial charge is 0.322 e. The van der Waals surface area contributed by atoms with Crippen LogP contribution in [0.2, 0.25) is 0 Å². The summed E-state index contributed by atoms with van der Waals surface area (Å²) >= 11 is 0. The van der Waals surface area contributed by atoms with Crippen LogP contribution in [0.5, 0.6) is 0 Å². The Balaban J connectivity index is 2.27. The van der Waals surface area contributed by atoms with Gasteiger partial charge in [0.05, 0.1) is 5.56 Å². The van der Waals surface area contributed by atoms with Crippen molar-refractivity contribution in [1.29, 1.82) is 0 Å². The maximum atomic E-state index is 12.1. The number of carbonyl (C=O) groups excluding carboxylic acids is 1. The lowest BCUT2D eigenvalue weighted by molar-refractivity contribution is 0.102. The number of amides is 1. The van der Waals surface area contributed by atoms with Crippen molar-refractivity contribution in [3.05, 3.63) is 58.9 Å². The fourth-order valence-corrected chi connectivity index (χ4v) is 1.78. The number of aromatic nitrogens is 1. The molecule has 1 heterocycles. The first-order valence-electron chi connectivity index (χ1n) is 5.88. The Morgan fingerprint density at radius 1 is 1.11 bits per heavy atom. The number of nitrogens with one attached hydrogen (secondary N) is 1. The Kier molecular flexibility index (Phi) is 3.42. The molecule has 0 saturated carbocycles. The third-order valence-corrected chi connectivity index (χ3v) is 3.14. The molecule has 0 atom stereocenters. The summed E-state index contributed by atoms with van der Waals surface area (Å²) in [5, 5.41) is 2.93. The molecular formula is C15H16N2O. The van der Waals surface area contributed by atoms with E-state index in [4.69, 9.17) is 0 Å². The molecule has 0 aliphatic rings. The van der Waals surface area contributed by atoms with Crippen LogP contribution >= 0.6 is 0 Å². The molecule has 2 rings (SSSR count). The number of nitrogens with zero attached hydrogens (tertiary/aromatic N) is 1.